The molecule has 0 radical (unpaired) electrons. The first kappa shape index (κ1) is 9.94. The fourth-order valence-electron chi connectivity index (χ4n) is 1.31. The summed E-state index contributed by atoms with van der Waals surface area (Å²) in [6.07, 6.45) is 1.71. The van der Waals surface area contributed by atoms with Gasteiger partial charge < -0.3 is 5.73 Å². The molecule has 2 aromatic heterocycles. The van der Waals surface area contributed by atoms with E-state index in [1.54, 1.807) is 16.8 Å². The van der Waals surface area contributed by atoms with Crippen LogP contribution in [0.1, 0.15) is 11.4 Å². The van der Waals surface area contributed by atoms with Crippen molar-refractivity contribution in [1.29, 1.82) is 5.41 Å². The molecular weight excluding hydrogens is 212 g/mol. The summed E-state index contributed by atoms with van der Waals surface area (Å²) in [4.78, 5) is 5.02. The Morgan fingerprint density at radius 1 is 1.60 bits per heavy atom. The van der Waals surface area contributed by atoms with Gasteiger partial charge in [-0.25, -0.2) is 9.50 Å². The van der Waals surface area contributed by atoms with Crippen LogP contribution in [0, 0.1) is 12.3 Å². The number of nitrogen functional groups attached to an aromatic ring is 1. The first-order chi connectivity index (χ1) is 7.13. The van der Waals surface area contributed by atoms with Crippen molar-refractivity contribution < 1.29 is 0 Å². The molecule has 2 aromatic rings. The van der Waals surface area contributed by atoms with Gasteiger partial charge in [-0.05, 0) is 24.9 Å². The summed E-state index contributed by atoms with van der Waals surface area (Å²) in [6, 6.07) is 1.65. The second-order valence-corrected chi connectivity index (χ2v) is 3.67. The van der Waals surface area contributed by atoms with Crippen LogP contribution in [-0.4, -0.2) is 20.4 Å². The van der Waals surface area contributed by atoms with E-state index < -0.39 is 0 Å². The van der Waals surface area contributed by atoms with Gasteiger partial charge in [-0.1, -0.05) is 0 Å². The van der Waals surface area contributed by atoms with E-state index in [1.807, 2.05) is 6.92 Å². The molecule has 0 aliphatic rings. The molecule has 2 rings (SSSR count). The molecule has 2 heterocycles. The SMILES string of the molecule is Cc1nn2ccc(C(=N)N)nc2c1SN. The number of hydrogen-bond acceptors (Lipinski definition) is 5. The maximum atomic E-state index is 7.29. The molecule has 5 N–H and O–H groups in total. The summed E-state index contributed by atoms with van der Waals surface area (Å²) in [6.45, 7) is 1.86. The summed E-state index contributed by atoms with van der Waals surface area (Å²) in [5.74, 6) is -0.0654. The van der Waals surface area contributed by atoms with Gasteiger partial charge in [0, 0.05) is 6.20 Å². The minimum absolute atomic E-state index is 0.0654. The summed E-state index contributed by atoms with van der Waals surface area (Å²) in [5.41, 5.74) is 7.23. The van der Waals surface area contributed by atoms with Gasteiger partial charge in [0.1, 0.15) is 11.5 Å². The number of amidine groups is 1. The molecule has 0 saturated carbocycles. The first-order valence-electron chi connectivity index (χ1n) is 4.20. The van der Waals surface area contributed by atoms with Gasteiger partial charge in [-0.15, -0.1) is 0 Å². The summed E-state index contributed by atoms with van der Waals surface area (Å²) >= 11 is 1.09. The van der Waals surface area contributed by atoms with E-state index >= 15 is 0 Å². The fourth-order valence-corrected chi connectivity index (χ4v) is 1.76. The molecule has 78 valence electrons. The van der Waals surface area contributed by atoms with Gasteiger partial charge in [0.05, 0.1) is 10.6 Å². The van der Waals surface area contributed by atoms with Crippen molar-refractivity contribution in [3.63, 3.8) is 0 Å². The number of fused-ring (bicyclic) bond motifs is 1. The highest BCUT2D eigenvalue weighted by atomic mass is 32.2. The normalized spacial score (nSPS) is 10.8. The van der Waals surface area contributed by atoms with Crippen LogP contribution in [0.25, 0.3) is 5.65 Å². The van der Waals surface area contributed by atoms with E-state index in [2.05, 4.69) is 10.1 Å². The Bertz CT molecular complexity index is 531. The Hall–Kier alpha value is -1.60. The van der Waals surface area contributed by atoms with E-state index in [4.69, 9.17) is 16.3 Å². The highest BCUT2D eigenvalue weighted by Crippen LogP contribution is 2.21. The van der Waals surface area contributed by atoms with Crippen LogP contribution in [0.4, 0.5) is 0 Å². The van der Waals surface area contributed by atoms with Gasteiger partial charge in [0.15, 0.2) is 5.65 Å². The standard InChI is InChI=1S/C8H10N6S/c1-4-6(15-11)8-12-5(7(9)10)2-3-14(8)13-4/h2-3H,11H2,1H3,(H3,9,10). The number of nitrogens with zero attached hydrogens (tertiary/aromatic N) is 3. The number of hydrogen-bond donors (Lipinski definition) is 3. The summed E-state index contributed by atoms with van der Waals surface area (Å²) < 4.78 is 1.62. The van der Waals surface area contributed by atoms with Crippen LogP contribution in [0.15, 0.2) is 17.2 Å². The van der Waals surface area contributed by atoms with Crippen molar-refractivity contribution in [1.82, 2.24) is 14.6 Å². The second-order valence-electron chi connectivity index (χ2n) is 3.03. The Morgan fingerprint density at radius 3 is 2.93 bits per heavy atom. The number of nitrogens with one attached hydrogen (secondary N) is 1. The molecule has 0 aromatic carbocycles. The predicted molar refractivity (Wildman–Crippen MR) is 58.8 cm³/mol. The largest absolute Gasteiger partial charge is 0.382 e. The lowest BCUT2D eigenvalue weighted by atomic mass is 10.4. The predicted octanol–water partition coefficient (Wildman–Crippen LogP) is 0.288. The zero-order chi connectivity index (χ0) is 11.0. The van der Waals surface area contributed by atoms with Crippen molar-refractivity contribution in [2.45, 2.75) is 11.8 Å². The third-order valence-corrected chi connectivity index (χ3v) is 2.71. The van der Waals surface area contributed by atoms with E-state index in [0.29, 0.717) is 11.3 Å². The van der Waals surface area contributed by atoms with Gasteiger partial charge >= 0.3 is 0 Å². The van der Waals surface area contributed by atoms with E-state index in [-0.39, 0.29) is 5.84 Å². The zero-order valence-electron chi connectivity index (χ0n) is 8.06. The average molecular weight is 222 g/mol. The molecule has 0 amide bonds. The van der Waals surface area contributed by atoms with Crippen LogP contribution < -0.4 is 10.9 Å². The molecule has 6 nitrogen and oxygen atoms in total. The van der Waals surface area contributed by atoms with Crippen LogP contribution >= 0.6 is 11.9 Å². The lowest BCUT2D eigenvalue weighted by Gasteiger charge is -1.98. The lowest BCUT2D eigenvalue weighted by molar-refractivity contribution is 0.914. The maximum Gasteiger partial charge on any atom is 0.170 e. The molecule has 7 heteroatoms. The van der Waals surface area contributed by atoms with Crippen molar-refractivity contribution in [3.05, 3.63) is 23.7 Å². The quantitative estimate of drug-likeness (QED) is 0.384. The Balaban J connectivity index is 2.73. The van der Waals surface area contributed by atoms with Gasteiger partial charge in [0.25, 0.3) is 0 Å². The minimum atomic E-state index is -0.0654. The molecule has 0 unspecified atom stereocenters. The molecule has 0 atom stereocenters. The van der Waals surface area contributed by atoms with E-state index in [9.17, 15) is 0 Å². The number of aryl methyl sites for hydroxylation is 1. The van der Waals surface area contributed by atoms with Crippen molar-refractivity contribution >= 4 is 23.4 Å². The highest BCUT2D eigenvalue weighted by molar-refractivity contribution is 7.97. The third kappa shape index (κ3) is 1.55. The summed E-state index contributed by atoms with van der Waals surface area (Å²) in [5, 5.41) is 17.0. The Kier molecular flexibility index (Phi) is 2.33. The van der Waals surface area contributed by atoms with Crippen LogP contribution in [0.5, 0.6) is 0 Å². The van der Waals surface area contributed by atoms with Crippen LogP contribution in [0.2, 0.25) is 0 Å². The topological polar surface area (TPSA) is 106 Å². The maximum absolute atomic E-state index is 7.29. The Labute approximate surface area is 90.3 Å². The smallest absolute Gasteiger partial charge is 0.170 e. The van der Waals surface area contributed by atoms with Gasteiger partial charge in [0.2, 0.25) is 0 Å². The zero-order valence-corrected chi connectivity index (χ0v) is 8.88. The number of nitrogens with two attached hydrogens (primary N) is 2. The van der Waals surface area contributed by atoms with Crippen LogP contribution in [0.3, 0.4) is 0 Å². The molecule has 15 heavy (non-hydrogen) atoms. The number of rotatable bonds is 2. The third-order valence-electron chi connectivity index (χ3n) is 2.00. The fraction of sp³-hybridized carbons (Fsp3) is 0.125. The van der Waals surface area contributed by atoms with Crippen LogP contribution in [-0.2, 0) is 0 Å². The van der Waals surface area contributed by atoms with Gasteiger partial charge in [-0.2, -0.15) is 5.10 Å². The molecule has 0 aliphatic carbocycles. The molecule has 0 saturated heterocycles. The number of aromatic nitrogens is 3. The average Bonchev–Trinajstić information content (AvgIpc) is 2.51. The Morgan fingerprint density at radius 2 is 2.33 bits per heavy atom. The minimum Gasteiger partial charge on any atom is -0.382 e. The monoisotopic (exact) mass is 222 g/mol. The van der Waals surface area contributed by atoms with Gasteiger partial charge in [-0.3, -0.25) is 10.5 Å². The van der Waals surface area contributed by atoms with Crippen molar-refractivity contribution in [2.75, 3.05) is 0 Å². The summed E-state index contributed by atoms with van der Waals surface area (Å²) in [7, 11) is 0. The molecule has 0 bridgehead atoms. The lowest BCUT2D eigenvalue weighted by Crippen LogP contribution is -2.13. The van der Waals surface area contributed by atoms with E-state index in [1.165, 1.54) is 0 Å². The van der Waals surface area contributed by atoms with E-state index in [0.717, 1.165) is 22.5 Å². The molecule has 0 fully saturated rings. The second kappa shape index (κ2) is 3.52. The molecular formula is C8H10N6S. The van der Waals surface area contributed by atoms with Crippen molar-refractivity contribution in [3.8, 4) is 0 Å². The molecule has 0 spiro atoms. The molecule has 0 aliphatic heterocycles. The van der Waals surface area contributed by atoms with Crippen molar-refractivity contribution in [2.24, 2.45) is 10.9 Å². The first-order valence-corrected chi connectivity index (χ1v) is 5.08. The highest BCUT2D eigenvalue weighted by Gasteiger charge is 2.11.